The fraction of sp³-hybridized carbons (Fsp3) is 0.172. The molecule has 5 heterocycles. The lowest BCUT2D eigenvalue weighted by Gasteiger charge is -2.15. The van der Waals surface area contributed by atoms with Crippen LogP contribution in [0.3, 0.4) is 0 Å². The van der Waals surface area contributed by atoms with Gasteiger partial charge in [-0.1, -0.05) is 24.3 Å². The summed E-state index contributed by atoms with van der Waals surface area (Å²) in [6.07, 6.45) is 5.07. The van der Waals surface area contributed by atoms with Crippen molar-refractivity contribution in [2.75, 3.05) is 13.1 Å². The van der Waals surface area contributed by atoms with Gasteiger partial charge in [-0.25, -0.2) is 23.1 Å². The van der Waals surface area contributed by atoms with E-state index in [9.17, 15) is 13.2 Å². The quantitative estimate of drug-likeness (QED) is 0.280. The van der Waals surface area contributed by atoms with E-state index in [2.05, 4.69) is 25.1 Å². The lowest BCUT2D eigenvalue weighted by atomic mass is 10.0. The van der Waals surface area contributed by atoms with Crippen molar-refractivity contribution >= 4 is 22.1 Å². The summed E-state index contributed by atoms with van der Waals surface area (Å²) in [5, 5.41) is 8.24. The minimum absolute atomic E-state index is 0.114. The monoisotopic (exact) mass is 525 g/mol. The molecule has 6 aromatic rings. The lowest BCUT2D eigenvalue weighted by Crippen LogP contribution is -2.24. The number of likely N-dealkylation sites (tertiary alicyclic amines) is 1. The number of fused-ring (bicyclic) bond motifs is 2. The van der Waals surface area contributed by atoms with Crippen LogP contribution in [0, 0.1) is 5.82 Å². The number of imidazole rings is 1. The molecular weight excluding hydrogens is 503 g/mol. The average Bonchev–Trinajstić information content (AvgIpc) is 3.64. The Labute approximate surface area is 220 Å². The van der Waals surface area contributed by atoms with Gasteiger partial charge in [-0.05, 0) is 41.5 Å². The molecule has 1 aliphatic rings. The van der Waals surface area contributed by atoms with Crippen molar-refractivity contribution in [1.29, 1.82) is 0 Å². The Morgan fingerprint density at radius 2 is 1.79 bits per heavy atom. The second-order valence-corrected chi connectivity index (χ2v) is 9.88. The lowest BCUT2D eigenvalue weighted by molar-refractivity contribution is 0.0115. The average molecular weight is 526 g/mol. The number of aromatic amines is 2. The Bertz CT molecular complexity index is 1820. The summed E-state index contributed by atoms with van der Waals surface area (Å²) in [4.78, 5) is 18.9. The Kier molecular flexibility index (Phi) is 5.44. The van der Waals surface area contributed by atoms with Gasteiger partial charge in [0.2, 0.25) is 0 Å². The van der Waals surface area contributed by atoms with Gasteiger partial charge in [0.25, 0.3) is 5.92 Å². The number of aromatic nitrogens is 6. The number of para-hydroxylation sites is 1. The van der Waals surface area contributed by atoms with Gasteiger partial charge < -0.3 is 4.98 Å². The largest absolute Gasteiger partial charge is 0.337 e. The number of benzene rings is 2. The minimum atomic E-state index is -2.63. The third-order valence-corrected chi connectivity index (χ3v) is 7.09. The highest BCUT2D eigenvalue weighted by Crippen LogP contribution is 2.33. The molecule has 7 rings (SSSR count). The topological polar surface area (TPSA) is 86.4 Å². The third kappa shape index (κ3) is 4.42. The van der Waals surface area contributed by atoms with Gasteiger partial charge in [-0.2, -0.15) is 5.10 Å². The molecular formula is C29H22F3N7. The fourth-order valence-electron chi connectivity index (χ4n) is 5.18. The van der Waals surface area contributed by atoms with Gasteiger partial charge >= 0.3 is 0 Å². The molecule has 194 valence electrons. The van der Waals surface area contributed by atoms with E-state index < -0.39 is 5.92 Å². The summed E-state index contributed by atoms with van der Waals surface area (Å²) in [5.74, 6) is -2.35. The summed E-state index contributed by atoms with van der Waals surface area (Å²) in [5.41, 5.74) is 7.08. The molecule has 2 aromatic carbocycles. The predicted molar refractivity (Wildman–Crippen MR) is 142 cm³/mol. The van der Waals surface area contributed by atoms with Crippen LogP contribution in [0.15, 0.2) is 73.2 Å². The van der Waals surface area contributed by atoms with Gasteiger partial charge in [-0.3, -0.25) is 15.0 Å². The van der Waals surface area contributed by atoms with Crippen LogP contribution in [0.4, 0.5) is 13.2 Å². The van der Waals surface area contributed by atoms with Gasteiger partial charge in [-0.15, -0.1) is 0 Å². The van der Waals surface area contributed by atoms with Gasteiger partial charge in [0.05, 0.1) is 23.0 Å². The van der Waals surface area contributed by atoms with Crippen molar-refractivity contribution in [3.05, 3.63) is 84.6 Å². The molecule has 39 heavy (non-hydrogen) atoms. The maximum atomic E-state index is 13.6. The van der Waals surface area contributed by atoms with Crippen molar-refractivity contribution in [3.8, 4) is 33.8 Å². The van der Waals surface area contributed by atoms with Crippen molar-refractivity contribution in [2.24, 2.45) is 0 Å². The second kappa shape index (κ2) is 9.02. The molecule has 1 fully saturated rings. The van der Waals surface area contributed by atoms with Gasteiger partial charge in [0, 0.05) is 54.8 Å². The standard InChI is InChI=1S/C29H22F3N7/c30-21-6-4-18(5-7-21)22-2-1-3-24-25(22)36-28(35-24)26-23-11-20(14-34-27(23)38-37-26)19-10-17(12-33-13-19)15-39-9-8-29(31,32)16-39/h1-7,10-14H,8-9,15-16H2,(H,35,36)(H,34,37,38). The zero-order valence-electron chi connectivity index (χ0n) is 20.6. The molecule has 4 aromatic heterocycles. The van der Waals surface area contributed by atoms with Gasteiger partial charge in [0.1, 0.15) is 11.5 Å². The number of halogens is 3. The molecule has 0 bridgehead atoms. The zero-order chi connectivity index (χ0) is 26.6. The van der Waals surface area contributed by atoms with Crippen molar-refractivity contribution in [1.82, 2.24) is 35.0 Å². The van der Waals surface area contributed by atoms with E-state index >= 15 is 0 Å². The summed E-state index contributed by atoms with van der Waals surface area (Å²) in [6, 6.07) is 16.1. The number of rotatable bonds is 5. The minimum Gasteiger partial charge on any atom is -0.337 e. The van der Waals surface area contributed by atoms with Crippen LogP contribution < -0.4 is 0 Å². The molecule has 0 saturated carbocycles. The maximum Gasteiger partial charge on any atom is 0.261 e. The smallest absolute Gasteiger partial charge is 0.261 e. The highest BCUT2D eigenvalue weighted by Gasteiger charge is 2.37. The molecule has 0 radical (unpaired) electrons. The molecule has 0 atom stereocenters. The first-order chi connectivity index (χ1) is 18.9. The third-order valence-electron chi connectivity index (χ3n) is 7.09. The molecule has 0 aliphatic carbocycles. The van der Waals surface area contributed by atoms with Crippen LogP contribution in [0.5, 0.6) is 0 Å². The van der Waals surface area contributed by atoms with Crippen LogP contribution in [0.25, 0.3) is 55.8 Å². The number of hydrogen-bond donors (Lipinski definition) is 2. The molecule has 10 heteroatoms. The fourth-order valence-corrected chi connectivity index (χ4v) is 5.18. The van der Waals surface area contributed by atoms with E-state index in [0.717, 1.165) is 44.2 Å². The summed E-state index contributed by atoms with van der Waals surface area (Å²) >= 11 is 0. The Morgan fingerprint density at radius 1 is 0.949 bits per heavy atom. The highest BCUT2D eigenvalue weighted by molar-refractivity contribution is 5.97. The maximum absolute atomic E-state index is 13.6. The number of H-pyrrole nitrogens is 2. The summed E-state index contributed by atoms with van der Waals surface area (Å²) < 4.78 is 40.7. The zero-order valence-corrected chi connectivity index (χ0v) is 20.6. The van der Waals surface area contributed by atoms with E-state index in [0.29, 0.717) is 30.3 Å². The SMILES string of the molecule is Fc1ccc(-c2cccc3[nH]c(-c4n[nH]c5ncc(-c6cncc(CN7CCC(F)(F)C7)c6)cc45)nc23)cc1. The summed E-state index contributed by atoms with van der Waals surface area (Å²) in [7, 11) is 0. The van der Waals surface area contributed by atoms with Crippen LogP contribution >= 0.6 is 0 Å². The normalized spacial score (nSPS) is 15.5. The van der Waals surface area contributed by atoms with Crippen molar-refractivity contribution in [2.45, 2.75) is 18.9 Å². The van der Waals surface area contributed by atoms with Crippen molar-refractivity contribution in [3.63, 3.8) is 0 Å². The first kappa shape index (κ1) is 23.5. The number of alkyl halides is 2. The Balaban J connectivity index is 1.24. The van der Waals surface area contributed by atoms with E-state index in [4.69, 9.17) is 4.98 Å². The predicted octanol–water partition coefficient (Wildman–Crippen LogP) is 6.21. The number of nitrogens with one attached hydrogen (secondary N) is 2. The van der Waals surface area contributed by atoms with E-state index in [-0.39, 0.29) is 18.8 Å². The molecule has 0 amide bonds. The molecule has 2 N–H and O–H groups in total. The highest BCUT2D eigenvalue weighted by atomic mass is 19.3. The first-order valence-electron chi connectivity index (χ1n) is 12.6. The van der Waals surface area contributed by atoms with Crippen molar-refractivity contribution < 1.29 is 13.2 Å². The summed E-state index contributed by atoms with van der Waals surface area (Å²) in [6.45, 7) is 0.547. The Hall–Kier alpha value is -4.57. The van der Waals surface area contributed by atoms with E-state index in [1.54, 1.807) is 35.6 Å². The Morgan fingerprint density at radius 3 is 2.62 bits per heavy atom. The van der Waals surface area contributed by atoms with Crippen LogP contribution in [0.2, 0.25) is 0 Å². The molecule has 1 saturated heterocycles. The number of nitrogens with zero attached hydrogens (tertiary/aromatic N) is 5. The van der Waals surface area contributed by atoms with E-state index in [1.807, 2.05) is 30.3 Å². The molecule has 0 spiro atoms. The van der Waals surface area contributed by atoms with Crippen LogP contribution in [-0.2, 0) is 6.54 Å². The van der Waals surface area contributed by atoms with E-state index in [1.165, 1.54) is 12.1 Å². The first-order valence-corrected chi connectivity index (χ1v) is 12.6. The van der Waals surface area contributed by atoms with Crippen LogP contribution in [0.1, 0.15) is 12.0 Å². The van der Waals surface area contributed by atoms with Crippen LogP contribution in [-0.4, -0.2) is 54.0 Å². The number of pyridine rings is 2. The molecule has 0 unspecified atom stereocenters. The molecule has 7 nitrogen and oxygen atoms in total. The number of hydrogen-bond acceptors (Lipinski definition) is 5. The van der Waals surface area contributed by atoms with Gasteiger partial charge in [0.15, 0.2) is 11.5 Å². The molecule has 1 aliphatic heterocycles. The second-order valence-electron chi connectivity index (χ2n) is 9.88.